The normalized spacial score (nSPS) is 10.9. The van der Waals surface area contributed by atoms with Crippen molar-refractivity contribution in [2.45, 2.75) is 5.16 Å². The summed E-state index contributed by atoms with van der Waals surface area (Å²) in [7, 11) is 4.77. The number of nitrogens with zero attached hydrogens (tertiary/aromatic N) is 4. The zero-order valence-electron chi connectivity index (χ0n) is 20.0. The number of carbonyl (C=O) groups is 1. The summed E-state index contributed by atoms with van der Waals surface area (Å²) in [4.78, 5) is 12.5. The number of aromatic nitrogens is 3. The molecule has 0 aliphatic carbocycles. The number of rotatable bonds is 10. The molecule has 0 bridgehead atoms. The van der Waals surface area contributed by atoms with E-state index in [0.29, 0.717) is 28.0 Å². The Morgan fingerprint density at radius 2 is 1.67 bits per heavy atom. The van der Waals surface area contributed by atoms with Crippen molar-refractivity contribution in [3.63, 3.8) is 0 Å². The highest BCUT2D eigenvalue weighted by atomic mass is 32.2. The lowest BCUT2D eigenvalue weighted by Crippen LogP contribution is -2.20. The maximum Gasteiger partial charge on any atom is 0.250 e. The van der Waals surface area contributed by atoms with Crippen LogP contribution in [0.5, 0.6) is 17.2 Å². The summed E-state index contributed by atoms with van der Waals surface area (Å²) in [6, 6.07) is 22.7. The zero-order valence-corrected chi connectivity index (χ0v) is 20.9. The predicted molar refractivity (Wildman–Crippen MR) is 139 cm³/mol. The van der Waals surface area contributed by atoms with Crippen LogP contribution in [0.4, 0.5) is 0 Å². The maximum atomic E-state index is 12.5. The molecule has 0 atom stereocenters. The molecule has 0 fully saturated rings. The monoisotopic (exact) mass is 503 g/mol. The van der Waals surface area contributed by atoms with Gasteiger partial charge >= 0.3 is 0 Å². The Bertz CT molecular complexity index is 1340. The first-order valence-electron chi connectivity index (χ1n) is 10.9. The summed E-state index contributed by atoms with van der Waals surface area (Å²) >= 11 is 1.26. The summed E-state index contributed by atoms with van der Waals surface area (Å²) in [6.45, 7) is 0. The molecule has 4 aromatic rings. The standard InChI is InChI=1S/C26H25N5O4S/c1-33-21-11-9-20(10-12-21)31-25(18-7-5-4-6-8-18)29-30-26(31)36-17-24(32)28-27-16-19-15-22(34-2)13-14-23(19)35-3/h4-16H,17H2,1-3H3,(H,28,32). The molecule has 0 spiro atoms. The van der Waals surface area contributed by atoms with Crippen LogP contribution >= 0.6 is 11.8 Å². The van der Waals surface area contributed by atoms with Crippen LogP contribution in [0.15, 0.2) is 83.1 Å². The van der Waals surface area contributed by atoms with Crippen molar-refractivity contribution in [1.29, 1.82) is 0 Å². The number of nitrogens with one attached hydrogen (secondary N) is 1. The lowest BCUT2D eigenvalue weighted by molar-refractivity contribution is -0.118. The van der Waals surface area contributed by atoms with E-state index >= 15 is 0 Å². The fourth-order valence-electron chi connectivity index (χ4n) is 3.38. The Balaban J connectivity index is 1.50. The third kappa shape index (κ3) is 5.84. The Hall–Kier alpha value is -4.31. The number of hydrogen-bond donors (Lipinski definition) is 1. The highest BCUT2D eigenvalue weighted by Gasteiger charge is 2.17. The Labute approximate surface area is 213 Å². The van der Waals surface area contributed by atoms with Crippen LogP contribution in [0.25, 0.3) is 17.1 Å². The fraction of sp³-hybridized carbons (Fsp3) is 0.154. The fourth-order valence-corrected chi connectivity index (χ4v) is 4.12. The third-order valence-corrected chi connectivity index (χ3v) is 6.09. The quantitative estimate of drug-likeness (QED) is 0.197. The predicted octanol–water partition coefficient (Wildman–Crippen LogP) is 4.20. The van der Waals surface area contributed by atoms with Crippen LogP contribution in [0.3, 0.4) is 0 Å². The number of hydrazone groups is 1. The van der Waals surface area contributed by atoms with Crippen molar-refractivity contribution >= 4 is 23.9 Å². The number of amides is 1. The van der Waals surface area contributed by atoms with Gasteiger partial charge in [-0.05, 0) is 42.5 Å². The molecule has 36 heavy (non-hydrogen) atoms. The first kappa shape index (κ1) is 24.8. The van der Waals surface area contributed by atoms with E-state index in [1.165, 1.54) is 18.0 Å². The molecule has 3 aromatic carbocycles. The van der Waals surface area contributed by atoms with Crippen molar-refractivity contribution in [1.82, 2.24) is 20.2 Å². The van der Waals surface area contributed by atoms with Gasteiger partial charge in [0.15, 0.2) is 11.0 Å². The molecule has 1 N–H and O–H groups in total. The van der Waals surface area contributed by atoms with E-state index in [2.05, 4.69) is 20.7 Å². The Morgan fingerprint density at radius 1 is 0.944 bits per heavy atom. The second-order valence-corrected chi connectivity index (χ2v) is 8.34. The maximum absolute atomic E-state index is 12.5. The van der Waals surface area contributed by atoms with E-state index in [1.54, 1.807) is 39.5 Å². The van der Waals surface area contributed by atoms with Crippen molar-refractivity contribution in [3.8, 4) is 34.3 Å². The van der Waals surface area contributed by atoms with Crippen LogP contribution in [-0.4, -0.2) is 54.0 Å². The molecule has 1 aromatic heterocycles. The second kappa shape index (κ2) is 11.9. The summed E-state index contributed by atoms with van der Waals surface area (Å²) in [5, 5.41) is 13.4. The average molecular weight is 504 g/mol. The molecule has 10 heteroatoms. The topological polar surface area (TPSA) is 99.9 Å². The Kier molecular flexibility index (Phi) is 8.20. The van der Waals surface area contributed by atoms with Gasteiger partial charge in [0.1, 0.15) is 17.2 Å². The summed E-state index contributed by atoms with van der Waals surface area (Å²) in [5.41, 5.74) is 4.98. The van der Waals surface area contributed by atoms with Crippen molar-refractivity contribution in [3.05, 3.63) is 78.4 Å². The highest BCUT2D eigenvalue weighted by molar-refractivity contribution is 7.99. The van der Waals surface area contributed by atoms with Crippen molar-refractivity contribution < 1.29 is 19.0 Å². The molecule has 4 rings (SSSR count). The first-order chi connectivity index (χ1) is 17.6. The van der Waals surface area contributed by atoms with E-state index in [1.807, 2.05) is 59.2 Å². The molecule has 1 heterocycles. The van der Waals surface area contributed by atoms with E-state index in [-0.39, 0.29) is 11.7 Å². The molecule has 0 saturated carbocycles. The first-order valence-corrected chi connectivity index (χ1v) is 11.9. The lowest BCUT2D eigenvalue weighted by atomic mass is 10.2. The van der Waals surface area contributed by atoms with Crippen LogP contribution in [0.2, 0.25) is 0 Å². The number of carbonyl (C=O) groups excluding carboxylic acids is 1. The Morgan fingerprint density at radius 3 is 2.36 bits per heavy atom. The van der Waals surface area contributed by atoms with E-state index < -0.39 is 0 Å². The average Bonchev–Trinajstić information content (AvgIpc) is 3.36. The van der Waals surface area contributed by atoms with Crippen LogP contribution < -0.4 is 19.6 Å². The SMILES string of the molecule is COc1ccc(-n2c(SCC(=O)NN=Cc3cc(OC)ccc3OC)nnc2-c2ccccc2)cc1. The smallest absolute Gasteiger partial charge is 0.250 e. The van der Waals surface area contributed by atoms with Gasteiger partial charge in [0.05, 0.1) is 33.3 Å². The molecular weight excluding hydrogens is 478 g/mol. The molecule has 0 aliphatic heterocycles. The number of hydrogen-bond acceptors (Lipinski definition) is 8. The van der Waals surface area contributed by atoms with Gasteiger partial charge in [0.25, 0.3) is 5.91 Å². The molecular formula is C26H25N5O4S. The van der Waals surface area contributed by atoms with Crippen LogP contribution in [0.1, 0.15) is 5.56 Å². The lowest BCUT2D eigenvalue weighted by Gasteiger charge is -2.11. The van der Waals surface area contributed by atoms with E-state index in [9.17, 15) is 4.79 Å². The number of benzene rings is 3. The molecule has 0 radical (unpaired) electrons. The largest absolute Gasteiger partial charge is 0.497 e. The molecule has 0 saturated heterocycles. The van der Waals surface area contributed by atoms with Crippen LogP contribution in [-0.2, 0) is 4.79 Å². The zero-order chi connectivity index (χ0) is 25.3. The summed E-state index contributed by atoms with van der Waals surface area (Å²) in [6.07, 6.45) is 1.51. The van der Waals surface area contributed by atoms with Crippen molar-refractivity contribution in [2.24, 2.45) is 5.10 Å². The second-order valence-electron chi connectivity index (χ2n) is 7.40. The molecule has 0 unspecified atom stereocenters. The summed E-state index contributed by atoms with van der Waals surface area (Å²) in [5.74, 6) is 2.49. The van der Waals surface area contributed by atoms with Crippen molar-refractivity contribution in [2.75, 3.05) is 27.1 Å². The van der Waals surface area contributed by atoms with E-state index in [4.69, 9.17) is 14.2 Å². The van der Waals surface area contributed by atoms with Gasteiger partial charge in [-0.15, -0.1) is 10.2 Å². The number of methoxy groups -OCH3 is 3. The third-order valence-electron chi connectivity index (χ3n) is 5.16. The minimum Gasteiger partial charge on any atom is -0.497 e. The minimum atomic E-state index is -0.288. The molecule has 1 amide bonds. The number of ether oxygens (including phenoxy) is 3. The van der Waals surface area contributed by atoms with Crippen LogP contribution in [0, 0.1) is 0 Å². The molecule has 0 aliphatic rings. The van der Waals surface area contributed by atoms with Gasteiger partial charge in [-0.3, -0.25) is 9.36 Å². The molecule has 9 nitrogen and oxygen atoms in total. The highest BCUT2D eigenvalue weighted by Crippen LogP contribution is 2.29. The summed E-state index contributed by atoms with van der Waals surface area (Å²) < 4.78 is 17.8. The van der Waals surface area contributed by atoms with E-state index in [0.717, 1.165) is 17.0 Å². The molecule has 184 valence electrons. The van der Waals surface area contributed by atoms with Gasteiger partial charge in [-0.2, -0.15) is 5.10 Å². The number of thioether (sulfide) groups is 1. The van der Waals surface area contributed by atoms with Gasteiger partial charge in [0.2, 0.25) is 0 Å². The van der Waals surface area contributed by atoms with Gasteiger partial charge in [-0.1, -0.05) is 42.1 Å². The minimum absolute atomic E-state index is 0.0929. The van der Waals surface area contributed by atoms with Gasteiger partial charge < -0.3 is 14.2 Å². The van der Waals surface area contributed by atoms with Gasteiger partial charge in [0, 0.05) is 16.8 Å². The van der Waals surface area contributed by atoms with Gasteiger partial charge in [-0.25, -0.2) is 5.43 Å².